The smallest absolute Gasteiger partial charge is 0.261 e. The van der Waals surface area contributed by atoms with Crippen molar-refractivity contribution in [2.45, 2.75) is 30.6 Å². The molecule has 0 saturated heterocycles. The molecule has 1 fully saturated rings. The van der Waals surface area contributed by atoms with Crippen LogP contribution >= 0.6 is 11.3 Å². The zero-order valence-corrected chi connectivity index (χ0v) is 14.1. The summed E-state index contributed by atoms with van der Waals surface area (Å²) in [6.07, 6.45) is 3.17. The van der Waals surface area contributed by atoms with Crippen LogP contribution in [-0.4, -0.2) is 44.3 Å². The van der Waals surface area contributed by atoms with E-state index < -0.39 is 18.2 Å². The molecule has 4 rings (SSSR count). The number of nitrogens with zero attached hydrogens (tertiary/aromatic N) is 2. The Morgan fingerprint density at radius 3 is 2.72 bits per heavy atom. The lowest BCUT2D eigenvalue weighted by Crippen LogP contribution is -2.45. The first kappa shape index (κ1) is 16.1. The largest absolute Gasteiger partial charge is 0.390 e. The van der Waals surface area contributed by atoms with Crippen molar-refractivity contribution in [1.29, 1.82) is 0 Å². The van der Waals surface area contributed by atoms with Gasteiger partial charge in [-0.3, -0.25) is 4.79 Å². The molecule has 7 heteroatoms. The molecule has 1 aromatic carbocycles. The molecule has 0 bridgehead atoms. The quantitative estimate of drug-likeness (QED) is 0.665. The monoisotopic (exact) mass is 355 g/mol. The van der Waals surface area contributed by atoms with E-state index in [-0.39, 0.29) is 11.8 Å². The molecule has 1 aliphatic rings. The second kappa shape index (κ2) is 6.51. The fourth-order valence-electron chi connectivity index (χ4n) is 3.37. The Labute approximate surface area is 148 Å². The van der Waals surface area contributed by atoms with Gasteiger partial charge in [-0.2, -0.15) is 0 Å². The molecule has 4 unspecified atom stereocenters. The van der Waals surface area contributed by atoms with Crippen molar-refractivity contribution >= 4 is 27.3 Å². The van der Waals surface area contributed by atoms with Crippen molar-refractivity contribution < 1.29 is 15.0 Å². The molecule has 1 aliphatic carbocycles. The predicted octanol–water partition coefficient (Wildman–Crippen LogP) is 1.70. The van der Waals surface area contributed by atoms with Crippen LogP contribution in [0.2, 0.25) is 0 Å². The summed E-state index contributed by atoms with van der Waals surface area (Å²) in [5.41, 5.74) is 0.791. The lowest BCUT2D eigenvalue weighted by atomic mass is 9.96. The maximum Gasteiger partial charge on any atom is 0.261 e. The van der Waals surface area contributed by atoms with Gasteiger partial charge in [-0.1, -0.05) is 18.2 Å². The van der Waals surface area contributed by atoms with Crippen molar-refractivity contribution in [3.63, 3.8) is 0 Å². The summed E-state index contributed by atoms with van der Waals surface area (Å²) in [4.78, 5) is 21.2. The number of fused-ring (bicyclic) bond motifs is 1. The van der Waals surface area contributed by atoms with Crippen molar-refractivity contribution in [3.05, 3.63) is 59.5 Å². The zero-order chi connectivity index (χ0) is 17.4. The van der Waals surface area contributed by atoms with E-state index >= 15 is 0 Å². The molecule has 3 aromatic rings. The van der Waals surface area contributed by atoms with Crippen molar-refractivity contribution in [2.24, 2.45) is 0 Å². The van der Waals surface area contributed by atoms with E-state index in [2.05, 4.69) is 15.3 Å². The number of hydrogen-bond donors (Lipinski definition) is 3. The maximum atomic E-state index is 12.7. The third kappa shape index (κ3) is 3.02. The van der Waals surface area contributed by atoms with Crippen molar-refractivity contribution in [3.8, 4) is 0 Å². The number of aliphatic hydroxyl groups excluding tert-OH is 2. The molecule has 1 saturated carbocycles. The zero-order valence-electron chi connectivity index (χ0n) is 13.2. The highest BCUT2D eigenvalue weighted by Gasteiger charge is 2.43. The predicted molar refractivity (Wildman–Crippen MR) is 94.5 cm³/mol. The van der Waals surface area contributed by atoms with Gasteiger partial charge >= 0.3 is 0 Å². The van der Waals surface area contributed by atoms with Gasteiger partial charge < -0.3 is 15.5 Å². The first-order valence-electron chi connectivity index (χ1n) is 8.04. The Hall–Kier alpha value is -2.35. The minimum Gasteiger partial charge on any atom is -0.390 e. The maximum absolute atomic E-state index is 12.7. The van der Waals surface area contributed by atoms with Gasteiger partial charge in [0.1, 0.15) is 12.4 Å². The summed E-state index contributed by atoms with van der Waals surface area (Å²) >= 11 is 1.41. The normalized spacial score (nSPS) is 26.0. The molecule has 0 radical (unpaired) electrons. The number of rotatable bonds is 3. The number of thiophene rings is 1. The average molecular weight is 355 g/mol. The van der Waals surface area contributed by atoms with Crippen LogP contribution in [0.1, 0.15) is 27.6 Å². The van der Waals surface area contributed by atoms with E-state index in [1.807, 2.05) is 30.3 Å². The summed E-state index contributed by atoms with van der Waals surface area (Å²) in [5, 5.41) is 24.3. The van der Waals surface area contributed by atoms with Crippen molar-refractivity contribution in [2.75, 3.05) is 0 Å². The molecule has 2 heterocycles. The molecule has 4 atom stereocenters. The van der Waals surface area contributed by atoms with Crippen molar-refractivity contribution in [1.82, 2.24) is 15.3 Å². The second-order valence-corrected chi connectivity index (χ2v) is 7.30. The molecule has 2 aromatic heterocycles. The van der Waals surface area contributed by atoms with Gasteiger partial charge in [0.05, 0.1) is 17.0 Å². The molecular formula is C18H17N3O3S. The second-order valence-electron chi connectivity index (χ2n) is 6.22. The first-order valence-corrected chi connectivity index (χ1v) is 8.85. The van der Waals surface area contributed by atoms with Gasteiger partial charge in [-0.05, 0) is 29.5 Å². The van der Waals surface area contributed by atoms with Crippen LogP contribution in [0, 0.1) is 0 Å². The van der Waals surface area contributed by atoms with E-state index in [4.69, 9.17) is 0 Å². The van der Waals surface area contributed by atoms with Crippen LogP contribution in [0.15, 0.2) is 49.1 Å². The number of aromatic nitrogens is 2. The number of hydrogen-bond acceptors (Lipinski definition) is 6. The molecule has 6 nitrogen and oxygen atoms in total. The summed E-state index contributed by atoms with van der Waals surface area (Å²) in [5.74, 6) is -0.481. The van der Waals surface area contributed by atoms with Crippen LogP contribution in [-0.2, 0) is 0 Å². The third-order valence-corrected chi connectivity index (χ3v) is 5.76. The SMILES string of the molecule is O=C(NC1C(c2cncnc2)CC(O)C1O)c1cc2ccccc2s1. The van der Waals surface area contributed by atoms with E-state index in [1.54, 1.807) is 12.4 Å². The van der Waals surface area contributed by atoms with Crippen LogP contribution in [0.3, 0.4) is 0 Å². The molecule has 0 aliphatic heterocycles. The Morgan fingerprint density at radius 1 is 1.20 bits per heavy atom. The van der Waals surface area contributed by atoms with E-state index in [0.29, 0.717) is 11.3 Å². The number of nitrogens with one attached hydrogen (secondary N) is 1. The Bertz CT molecular complexity index is 866. The van der Waals surface area contributed by atoms with Crippen LogP contribution < -0.4 is 5.32 Å². The lowest BCUT2D eigenvalue weighted by Gasteiger charge is -2.23. The number of carbonyl (C=O) groups is 1. The van der Waals surface area contributed by atoms with E-state index in [0.717, 1.165) is 15.6 Å². The fraction of sp³-hybridized carbons (Fsp3) is 0.278. The number of benzene rings is 1. The topological polar surface area (TPSA) is 95.3 Å². The summed E-state index contributed by atoms with van der Waals surface area (Å²) < 4.78 is 1.03. The van der Waals surface area contributed by atoms with Crippen LogP contribution in [0.4, 0.5) is 0 Å². The average Bonchev–Trinajstić information content (AvgIpc) is 3.19. The number of amides is 1. The first-order chi connectivity index (χ1) is 12.1. The van der Waals surface area contributed by atoms with Crippen LogP contribution in [0.5, 0.6) is 0 Å². The molecule has 3 N–H and O–H groups in total. The molecule has 0 spiro atoms. The van der Waals surface area contributed by atoms with Gasteiger partial charge in [0.15, 0.2) is 0 Å². The van der Waals surface area contributed by atoms with E-state index in [1.165, 1.54) is 17.7 Å². The summed E-state index contributed by atoms with van der Waals surface area (Å²) in [6, 6.07) is 9.05. The van der Waals surface area contributed by atoms with E-state index in [9.17, 15) is 15.0 Å². The Morgan fingerprint density at radius 2 is 1.96 bits per heavy atom. The summed E-state index contributed by atoms with van der Waals surface area (Å²) in [6.45, 7) is 0. The van der Waals surface area contributed by atoms with Gasteiger partial charge in [-0.15, -0.1) is 11.3 Å². The number of aliphatic hydroxyl groups is 2. The van der Waals surface area contributed by atoms with Gasteiger partial charge in [0.2, 0.25) is 0 Å². The van der Waals surface area contributed by atoms with Gasteiger partial charge in [0, 0.05) is 23.0 Å². The standard InChI is InChI=1S/C18H17N3O3S/c22-13-6-12(11-7-19-9-20-8-11)16(17(13)23)21-18(24)15-5-10-3-1-2-4-14(10)25-15/h1-5,7-9,12-13,16-17,22-23H,6H2,(H,21,24). The Kier molecular flexibility index (Phi) is 4.20. The molecule has 25 heavy (non-hydrogen) atoms. The minimum atomic E-state index is -1.02. The highest BCUT2D eigenvalue weighted by atomic mass is 32.1. The lowest BCUT2D eigenvalue weighted by molar-refractivity contribution is 0.0295. The molecular weight excluding hydrogens is 338 g/mol. The Balaban J connectivity index is 1.59. The fourth-order valence-corrected chi connectivity index (χ4v) is 4.34. The molecule has 1 amide bonds. The third-order valence-electron chi connectivity index (χ3n) is 4.65. The number of carbonyl (C=O) groups excluding carboxylic acids is 1. The molecule has 128 valence electrons. The summed E-state index contributed by atoms with van der Waals surface area (Å²) in [7, 11) is 0. The minimum absolute atomic E-state index is 0.232. The van der Waals surface area contributed by atoms with Crippen LogP contribution in [0.25, 0.3) is 10.1 Å². The van der Waals surface area contributed by atoms with Gasteiger partial charge in [0.25, 0.3) is 5.91 Å². The van der Waals surface area contributed by atoms with Gasteiger partial charge in [-0.25, -0.2) is 9.97 Å². The highest BCUT2D eigenvalue weighted by Crippen LogP contribution is 2.35. The highest BCUT2D eigenvalue weighted by molar-refractivity contribution is 7.20.